The average molecular weight is 352 g/mol. The van der Waals surface area contributed by atoms with E-state index in [1.165, 1.54) is 0 Å². The number of anilines is 1. The maximum atomic E-state index is 6.06. The number of nitrogens with one attached hydrogen (secondary N) is 1. The van der Waals surface area contributed by atoms with Gasteiger partial charge < -0.3 is 0 Å². The number of fused-ring (bicyclic) bond motifs is 1. The fourth-order valence-electron chi connectivity index (χ4n) is 1.85. The molecule has 2 aromatic carbocycles. The van der Waals surface area contributed by atoms with Crippen molar-refractivity contribution in [2.75, 3.05) is 5.43 Å². The Morgan fingerprint density at radius 3 is 2.41 bits per heavy atom. The summed E-state index contributed by atoms with van der Waals surface area (Å²) >= 11 is 18.0. The zero-order chi connectivity index (χ0) is 15.5. The summed E-state index contributed by atoms with van der Waals surface area (Å²) < 4.78 is 0. The number of halogens is 3. The van der Waals surface area contributed by atoms with Crippen LogP contribution in [0.5, 0.6) is 0 Å². The standard InChI is InChI=1S/C15H9Cl3N4/c16-9-5-11(17)15(12(18)6-9)22-20-8-10-7-19-13-3-1-2-4-14(13)21-10/h1-8,22H/b20-8+. The Balaban J connectivity index is 1.82. The van der Waals surface area contributed by atoms with Crippen LogP contribution in [0.3, 0.4) is 0 Å². The molecular weight excluding hydrogens is 343 g/mol. The summed E-state index contributed by atoms with van der Waals surface area (Å²) in [6.07, 6.45) is 3.18. The second-order valence-corrected chi connectivity index (χ2v) is 5.65. The molecule has 0 aliphatic carbocycles. The van der Waals surface area contributed by atoms with Crippen LogP contribution >= 0.6 is 34.8 Å². The number of rotatable bonds is 3. The van der Waals surface area contributed by atoms with E-state index in [-0.39, 0.29) is 0 Å². The fourth-order valence-corrected chi connectivity index (χ4v) is 2.75. The molecule has 0 saturated carbocycles. The minimum atomic E-state index is 0.388. The van der Waals surface area contributed by atoms with Crippen molar-refractivity contribution in [3.63, 3.8) is 0 Å². The van der Waals surface area contributed by atoms with Gasteiger partial charge in [0.1, 0.15) is 5.69 Å². The Kier molecular flexibility index (Phi) is 4.43. The molecule has 1 N–H and O–H groups in total. The first-order chi connectivity index (χ1) is 10.6. The predicted octanol–water partition coefficient (Wildman–Crippen LogP) is 5.04. The summed E-state index contributed by atoms with van der Waals surface area (Å²) in [5.74, 6) is 0. The quantitative estimate of drug-likeness (QED) is 0.531. The van der Waals surface area contributed by atoms with E-state index in [2.05, 4.69) is 20.5 Å². The fraction of sp³-hybridized carbons (Fsp3) is 0. The van der Waals surface area contributed by atoms with Crippen LogP contribution in [0.4, 0.5) is 5.69 Å². The number of hydrazone groups is 1. The molecule has 22 heavy (non-hydrogen) atoms. The Labute approximate surface area is 141 Å². The molecule has 7 heteroatoms. The lowest BCUT2D eigenvalue weighted by atomic mass is 10.3. The van der Waals surface area contributed by atoms with Crippen molar-refractivity contribution < 1.29 is 0 Å². The number of aromatic nitrogens is 2. The first-order valence-corrected chi connectivity index (χ1v) is 7.42. The molecule has 1 heterocycles. The summed E-state index contributed by atoms with van der Waals surface area (Å²) in [6, 6.07) is 10.8. The van der Waals surface area contributed by atoms with Gasteiger partial charge in [0.15, 0.2) is 0 Å². The van der Waals surface area contributed by atoms with Crippen LogP contribution in [-0.2, 0) is 0 Å². The van der Waals surface area contributed by atoms with Crippen LogP contribution < -0.4 is 5.43 Å². The summed E-state index contributed by atoms with van der Waals surface area (Å²) in [5, 5.41) is 5.32. The van der Waals surface area contributed by atoms with Gasteiger partial charge in [-0.1, -0.05) is 46.9 Å². The third-order valence-electron chi connectivity index (χ3n) is 2.85. The molecule has 0 aliphatic rings. The van der Waals surface area contributed by atoms with E-state index in [1.807, 2.05) is 24.3 Å². The Hall–Kier alpha value is -1.88. The monoisotopic (exact) mass is 350 g/mol. The summed E-state index contributed by atoms with van der Waals surface area (Å²) in [5.41, 5.74) is 5.52. The van der Waals surface area contributed by atoms with Crippen LogP contribution in [0.2, 0.25) is 15.1 Å². The second-order valence-electron chi connectivity index (χ2n) is 4.40. The summed E-state index contributed by atoms with van der Waals surface area (Å²) in [4.78, 5) is 8.73. The van der Waals surface area contributed by atoms with Crippen LogP contribution in [0.1, 0.15) is 5.69 Å². The lowest BCUT2D eigenvalue weighted by molar-refractivity contribution is 1.26. The van der Waals surface area contributed by atoms with E-state index in [0.717, 1.165) is 11.0 Å². The molecule has 4 nitrogen and oxygen atoms in total. The van der Waals surface area contributed by atoms with E-state index in [9.17, 15) is 0 Å². The molecule has 110 valence electrons. The second kappa shape index (κ2) is 6.48. The van der Waals surface area contributed by atoms with Gasteiger partial charge in [0.25, 0.3) is 0 Å². The van der Waals surface area contributed by atoms with E-state index < -0.39 is 0 Å². The van der Waals surface area contributed by atoms with Crippen molar-refractivity contribution >= 4 is 57.7 Å². The molecule has 0 unspecified atom stereocenters. The van der Waals surface area contributed by atoms with Crippen molar-refractivity contribution in [1.29, 1.82) is 0 Å². The van der Waals surface area contributed by atoms with E-state index in [0.29, 0.717) is 26.4 Å². The molecular formula is C15H9Cl3N4. The van der Waals surface area contributed by atoms with Gasteiger partial charge >= 0.3 is 0 Å². The van der Waals surface area contributed by atoms with Crippen LogP contribution in [-0.4, -0.2) is 16.2 Å². The molecule has 0 aliphatic heterocycles. The minimum absolute atomic E-state index is 0.388. The smallest absolute Gasteiger partial charge is 0.102 e. The average Bonchev–Trinajstić information content (AvgIpc) is 2.49. The molecule has 0 spiro atoms. The molecule has 3 rings (SSSR count). The molecule has 0 atom stereocenters. The molecule has 3 aromatic rings. The van der Waals surface area contributed by atoms with Crippen LogP contribution in [0, 0.1) is 0 Å². The zero-order valence-corrected chi connectivity index (χ0v) is 13.4. The molecule has 0 saturated heterocycles. The van der Waals surface area contributed by atoms with Gasteiger partial charge in [0, 0.05) is 5.02 Å². The SMILES string of the molecule is Clc1cc(Cl)c(N/N=C/c2cnc3ccccc3n2)c(Cl)c1. The van der Waals surface area contributed by atoms with Gasteiger partial charge in [-0.15, -0.1) is 0 Å². The number of hydrogen-bond acceptors (Lipinski definition) is 4. The van der Waals surface area contributed by atoms with Gasteiger partial charge in [-0.2, -0.15) is 5.10 Å². The van der Waals surface area contributed by atoms with Crippen LogP contribution in [0.15, 0.2) is 47.7 Å². The molecule has 0 fully saturated rings. The molecule has 1 aromatic heterocycles. The maximum Gasteiger partial charge on any atom is 0.102 e. The molecule has 0 amide bonds. The highest BCUT2D eigenvalue weighted by Gasteiger charge is 2.06. The lowest BCUT2D eigenvalue weighted by Crippen LogP contribution is -1.96. The summed E-state index contributed by atoms with van der Waals surface area (Å²) in [7, 11) is 0. The zero-order valence-electron chi connectivity index (χ0n) is 11.1. The molecule has 0 bridgehead atoms. The Bertz CT molecular complexity index is 841. The Morgan fingerprint density at radius 2 is 1.68 bits per heavy atom. The van der Waals surface area contributed by atoms with E-state index in [1.54, 1.807) is 24.5 Å². The van der Waals surface area contributed by atoms with Crippen molar-refractivity contribution in [1.82, 2.24) is 9.97 Å². The van der Waals surface area contributed by atoms with Crippen molar-refractivity contribution in [2.45, 2.75) is 0 Å². The van der Waals surface area contributed by atoms with Gasteiger partial charge in [-0.3, -0.25) is 10.4 Å². The first kappa shape index (κ1) is 15.0. The number of nitrogens with zero attached hydrogens (tertiary/aromatic N) is 3. The van der Waals surface area contributed by atoms with E-state index >= 15 is 0 Å². The number of benzene rings is 2. The first-order valence-electron chi connectivity index (χ1n) is 6.29. The lowest BCUT2D eigenvalue weighted by Gasteiger charge is -2.06. The third-order valence-corrected chi connectivity index (χ3v) is 3.66. The van der Waals surface area contributed by atoms with Crippen molar-refractivity contribution in [3.8, 4) is 0 Å². The van der Waals surface area contributed by atoms with Crippen LogP contribution in [0.25, 0.3) is 11.0 Å². The van der Waals surface area contributed by atoms with Gasteiger partial charge in [0.05, 0.1) is 39.2 Å². The van der Waals surface area contributed by atoms with E-state index in [4.69, 9.17) is 34.8 Å². The van der Waals surface area contributed by atoms with Crippen molar-refractivity contribution in [2.24, 2.45) is 5.10 Å². The van der Waals surface area contributed by atoms with Gasteiger partial charge in [0.2, 0.25) is 0 Å². The highest BCUT2D eigenvalue weighted by molar-refractivity contribution is 6.41. The third kappa shape index (κ3) is 3.30. The number of hydrogen-bond donors (Lipinski definition) is 1. The maximum absolute atomic E-state index is 6.06. The van der Waals surface area contributed by atoms with Crippen molar-refractivity contribution in [3.05, 3.63) is 63.4 Å². The minimum Gasteiger partial charge on any atom is -0.275 e. The predicted molar refractivity (Wildman–Crippen MR) is 92.2 cm³/mol. The largest absolute Gasteiger partial charge is 0.275 e. The topological polar surface area (TPSA) is 50.2 Å². The number of para-hydroxylation sites is 2. The van der Waals surface area contributed by atoms with Gasteiger partial charge in [-0.05, 0) is 24.3 Å². The normalized spacial score (nSPS) is 11.2. The summed E-state index contributed by atoms with van der Waals surface area (Å²) in [6.45, 7) is 0. The highest BCUT2D eigenvalue weighted by Crippen LogP contribution is 2.33. The molecule has 0 radical (unpaired) electrons. The van der Waals surface area contributed by atoms with Gasteiger partial charge in [-0.25, -0.2) is 4.98 Å². The highest BCUT2D eigenvalue weighted by atomic mass is 35.5. The Morgan fingerprint density at radius 1 is 1.00 bits per heavy atom.